The third kappa shape index (κ3) is 21.2. The maximum Gasteiger partial charge on any atom is 0.416 e. The van der Waals surface area contributed by atoms with Crippen molar-refractivity contribution in [1.29, 1.82) is 0 Å². The number of nitrogens with two attached hydrogens (primary N) is 1. The molecule has 8 aromatic rings. The zero-order valence-corrected chi connectivity index (χ0v) is 79.7. The summed E-state index contributed by atoms with van der Waals surface area (Å²) < 4.78 is 136. The normalized spacial score (nSPS) is 23.2. The highest BCUT2D eigenvalue weighted by Crippen LogP contribution is 2.45. The number of cyclic esters (lactones) is 2. The van der Waals surface area contributed by atoms with E-state index < -0.39 is 45.6 Å². The number of pyridine rings is 2. The Labute approximate surface area is 816 Å². The summed E-state index contributed by atoms with van der Waals surface area (Å²) in [5, 5.41) is 17.4. The van der Waals surface area contributed by atoms with Gasteiger partial charge in [0.2, 0.25) is 10.0 Å². The van der Waals surface area contributed by atoms with Crippen LogP contribution in [0.25, 0.3) is 0 Å². The van der Waals surface area contributed by atoms with E-state index in [1.54, 1.807) is 0 Å². The highest BCUT2D eigenvalue weighted by Gasteiger charge is 2.57. The van der Waals surface area contributed by atoms with Gasteiger partial charge < -0.3 is 85.0 Å². The molecule has 16 heterocycles. The number of rotatable bonds is 26. The first-order valence-electron chi connectivity index (χ1n) is 47.6. The topological polar surface area (TPSA) is 513 Å². The Morgan fingerprint density at radius 1 is 0.497 bits per heavy atom. The van der Waals surface area contributed by atoms with E-state index in [0.717, 1.165) is 121 Å². The van der Waals surface area contributed by atoms with Gasteiger partial charge in [0.15, 0.2) is 84.2 Å². The predicted octanol–water partition coefficient (Wildman–Crippen LogP) is 5.40. The van der Waals surface area contributed by atoms with Gasteiger partial charge in [-0.05, 0) is 205 Å². The molecule has 6 aromatic heterocycles. The van der Waals surface area contributed by atoms with Crippen LogP contribution in [0.1, 0.15) is 94.9 Å². The molecule has 7 unspecified atom stereocenters. The van der Waals surface area contributed by atoms with Crippen molar-refractivity contribution in [3.8, 4) is 35.0 Å². The minimum atomic E-state index is -3.30. The van der Waals surface area contributed by atoms with Gasteiger partial charge in [-0.25, -0.2) is 89.3 Å². The standard InChI is InChI=1S/C25H31FN6O7S.C25H29FN6O5.2C22H23FN6O4/c1-31(40(2,35)36)5-6-37-18-9-16-7-15(8-19(16)20(26)10-18)11-27-4-3-17-13-32(25(34)39-17)21-12-28-24-23(29-21)30-22(33)14-38-24;1-14(27)9-35-17-6-16-4-15(5-18(16)19(26)7-17)2-3-31-11-25(12-31)13-32(24(34)37-25)20-8-28-23-22(29-20)30-21(33)10-36-23;1-10-14-4-13(5-15(14)16(23)6-24-10)26-12-2-11(3-12)17-8-29(22(31)33-17)18-7-25-21-20(27-18)28-19(30)9-32-21;1-12-14-4-13(5-15(14)16(23)6-24-12)2-3-28-9-22(10-28)11-29(21(31)33-22)17-7-25-20-19(26-17)27-18(30)8-32-20/h9-10,12,15,17,27H,3-8,11,13-14H2,1-2H3,(H,29,30,33);6-8,14-15H,2-5,9-13,27H2,1H3,(H,29,30,33);6-7,11-13,17,26H,2-5,8-9H2,1H3,(H,27,28,30);6-7,13H,2-5,8-11H2,1H3,(H,26,27,30). The molecule has 7 fully saturated rings. The van der Waals surface area contributed by atoms with Gasteiger partial charge in [0.05, 0.1) is 69.6 Å². The molecule has 5 aliphatic carbocycles. The lowest BCUT2D eigenvalue weighted by Gasteiger charge is -2.45. The number of benzene rings is 2. The van der Waals surface area contributed by atoms with Crippen LogP contribution in [0.15, 0.2) is 61.4 Å². The lowest BCUT2D eigenvalue weighted by atomic mass is 9.76. The Morgan fingerprint density at radius 2 is 0.923 bits per heavy atom. The summed E-state index contributed by atoms with van der Waals surface area (Å²) >= 11 is 0. The number of aryl methyl sites for hydroxylation is 2. The number of anilines is 8. The number of nitrogens with zero attached hydrogens (tertiary/aromatic N) is 17. The Morgan fingerprint density at radius 3 is 1.41 bits per heavy atom. The molecule has 2 aromatic carbocycles. The molecule has 49 heteroatoms. The highest BCUT2D eigenvalue weighted by molar-refractivity contribution is 7.88. The van der Waals surface area contributed by atoms with Crippen molar-refractivity contribution in [1.82, 2.24) is 74.6 Å². The van der Waals surface area contributed by atoms with E-state index in [4.69, 9.17) is 53.1 Å². The maximum atomic E-state index is 14.7. The van der Waals surface area contributed by atoms with Crippen LogP contribution in [0.5, 0.6) is 35.0 Å². The molecule has 15 aliphatic rings. The second kappa shape index (κ2) is 39.9. The minimum Gasteiger partial charge on any atom is -0.492 e. The van der Waals surface area contributed by atoms with E-state index >= 15 is 0 Å². The summed E-state index contributed by atoms with van der Waals surface area (Å²) in [6, 6.07) is 6.97. The third-order valence-corrected chi connectivity index (χ3v) is 29.5. The summed E-state index contributed by atoms with van der Waals surface area (Å²) in [4.78, 5) is 148. The number of aromatic nitrogens is 10. The third-order valence-electron chi connectivity index (χ3n) is 28.1. The van der Waals surface area contributed by atoms with Gasteiger partial charge in [-0.3, -0.25) is 58.5 Å². The molecular weight excluding hydrogens is 1890 g/mol. The zero-order chi connectivity index (χ0) is 99.6. The largest absolute Gasteiger partial charge is 0.492 e. The van der Waals surface area contributed by atoms with Crippen LogP contribution in [0.2, 0.25) is 0 Å². The number of carbonyl (C=O) groups excluding carboxylic acids is 8. The second-order valence-corrected chi connectivity index (χ2v) is 41.0. The molecule has 1 saturated carbocycles. The van der Waals surface area contributed by atoms with Crippen molar-refractivity contribution >= 4 is 105 Å². The number of halogens is 4. The molecule has 6 saturated heterocycles. The zero-order valence-electron chi connectivity index (χ0n) is 78.9. The van der Waals surface area contributed by atoms with Crippen molar-refractivity contribution < 1.29 is 112 Å². The second-order valence-electron chi connectivity index (χ2n) is 38.9. The van der Waals surface area contributed by atoms with Gasteiger partial charge in [-0.15, -0.1) is 0 Å². The first-order valence-corrected chi connectivity index (χ1v) is 49.4. The predicted molar refractivity (Wildman–Crippen MR) is 499 cm³/mol. The Hall–Kier alpha value is -13.8. The van der Waals surface area contributed by atoms with Crippen molar-refractivity contribution in [2.75, 3.05) is 179 Å². The molecule has 8 amide bonds. The molecule has 0 radical (unpaired) electrons. The molecule has 23 rings (SSSR count). The van der Waals surface area contributed by atoms with E-state index in [1.807, 2.05) is 32.9 Å². The fourth-order valence-corrected chi connectivity index (χ4v) is 21.2. The van der Waals surface area contributed by atoms with E-state index in [1.165, 1.54) is 80.3 Å². The monoisotopic (exact) mass is 2000 g/mol. The summed E-state index contributed by atoms with van der Waals surface area (Å²) in [5.74, 6) is 2.74. The molecule has 143 heavy (non-hydrogen) atoms. The fraction of sp³-hybridized carbons (Fsp3) is 0.511. The molecule has 2 spiro atoms. The molecule has 7 atom stereocenters. The van der Waals surface area contributed by atoms with E-state index in [9.17, 15) is 64.3 Å². The number of hydrogen-bond acceptors (Lipinski definition) is 35. The van der Waals surface area contributed by atoms with Gasteiger partial charge in [0, 0.05) is 87.3 Å². The Bertz CT molecular complexity index is 6440. The number of ether oxygens (including phenoxy) is 10. The Balaban J connectivity index is 0.000000117. The van der Waals surface area contributed by atoms with Gasteiger partial charge in [0.25, 0.3) is 47.1 Å². The van der Waals surface area contributed by atoms with Crippen LogP contribution in [-0.2, 0) is 99.5 Å². The number of nitrogens with one attached hydrogen (secondary N) is 6. The lowest BCUT2D eigenvalue weighted by molar-refractivity contribution is -0.119. The van der Waals surface area contributed by atoms with E-state index in [-0.39, 0.29) is 175 Å². The molecular formula is C94H106F4N24O20S. The number of sulfonamides is 1. The minimum absolute atomic E-state index is 0.107. The average Bonchev–Trinajstić information content (AvgIpc) is 1.60. The van der Waals surface area contributed by atoms with Crippen LogP contribution >= 0.6 is 0 Å². The van der Waals surface area contributed by atoms with Gasteiger partial charge in [-0.1, -0.05) is 0 Å². The SMILES string of the molecule is CC(N)COc1cc(F)c2c(c1)CC(CCN1CC3(C1)CN(c1cnc4c(n1)NC(=O)CO4)C(=O)O3)C2.CN(CCOc1cc(F)c2c(c1)CC(CNCCC1CN(c3cnc4c(n3)NC(=O)CO4)C(=O)O1)C2)S(C)(=O)=O.Cc1ncc(F)c2c1CC(CCN1CC3(C1)CN(c1cnc4c(n1)NC(=O)CO4)C(=O)O3)C2.Cc1ncc(F)c2c1CC(NC1CC(C3CN(c4cnc5c(n4)NC(=O)CO5)C(=O)O3)C1)C2. The summed E-state index contributed by atoms with van der Waals surface area (Å²) in [5.41, 5.74) is 13.5. The van der Waals surface area contributed by atoms with Crippen molar-refractivity contribution in [2.24, 2.45) is 29.4 Å². The fourth-order valence-electron chi connectivity index (χ4n) is 20.8. The quantitative estimate of drug-likeness (QED) is 0.0203. The number of fused-ring (bicyclic) bond motifs is 8. The first kappa shape index (κ1) is 96.7. The lowest BCUT2D eigenvalue weighted by Crippen LogP contribution is -2.64. The maximum absolute atomic E-state index is 14.7. The van der Waals surface area contributed by atoms with Crippen molar-refractivity contribution in [3.05, 3.63) is 141 Å². The summed E-state index contributed by atoms with van der Waals surface area (Å²) in [7, 11) is -1.83. The van der Waals surface area contributed by atoms with Crippen LogP contribution in [0, 0.1) is 60.8 Å². The van der Waals surface area contributed by atoms with Crippen molar-refractivity contribution in [2.45, 2.75) is 146 Å². The summed E-state index contributed by atoms with van der Waals surface area (Å²) in [6.45, 7) is 12.8. The summed E-state index contributed by atoms with van der Waals surface area (Å²) in [6.07, 6.45) is 17.1. The smallest absolute Gasteiger partial charge is 0.416 e. The highest BCUT2D eigenvalue weighted by atomic mass is 32.2. The van der Waals surface area contributed by atoms with Crippen molar-refractivity contribution in [3.63, 3.8) is 0 Å². The van der Waals surface area contributed by atoms with Crippen LogP contribution < -0.4 is 85.7 Å². The average molecular weight is 2000 g/mol. The number of likely N-dealkylation sites (tertiary alicyclic amines) is 2. The number of amides is 8. The van der Waals surface area contributed by atoms with Gasteiger partial charge >= 0.3 is 24.4 Å². The van der Waals surface area contributed by atoms with Crippen LogP contribution in [0.4, 0.5) is 83.3 Å². The number of likely N-dealkylation sites (N-methyl/N-ethyl adjacent to an activating group) is 1. The first-order chi connectivity index (χ1) is 68.7. The molecule has 0 bridgehead atoms. The van der Waals surface area contributed by atoms with Crippen LogP contribution in [0.3, 0.4) is 0 Å². The van der Waals surface area contributed by atoms with E-state index in [0.29, 0.717) is 157 Å². The van der Waals surface area contributed by atoms with E-state index in [2.05, 4.69) is 91.5 Å². The molecule has 756 valence electrons. The molecule has 8 N–H and O–H groups in total. The van der Waals surface area contributed by atoms with Gasteiger partial charge in [-0.2, -0.15) is 0 Å². The molecule has 10 aliphatic heterocycles. The van der Waals surface area contributed by atoms with Gasteiger partial charge in [0.1, 0.15) is 60.2 Å². The molecule has 44 nitrogen and oxygen atoms in total. The van der Waals surface area contributed by atoms with Crippen LogP contribution in [-0.4, -0.2) is 300 Å². The Kier molecular flexibility index (Phi) is 27.0. The number of hydrogen-bond donors (Lipinski definition) is 7. The number of carbonyl (C=O) groups is 8.